The second-order valence-corrected chi connectivity index (χ2v) is 8.40. The summed E-state index contributed by atoms with van der Waals surface area (Å²) in [5.41, 5.74) is 1.97. The molecule has 1 saturated heterocycles. The molecule has 6 heteroatoms. The number of benzene rings is 2. The van der Waals surface area contributed by atoms with Crippen LogP contribution in [0.3, 0.4) is 0 Å². The number of rotatable bonds is 7. The molecule has 2 atom stereocenters. The van der Waals surface area contributed by atoms with Crippen LogP contribution in [0.2, 0.25) is 0 Å². The minimum Gasteiger partial charge on any atom is -0.497 e. The van der Waals surface area contributed by atoms with Crippen LogP contribution in [0.5, 0.6) is 11.5 Å². The number of hydrogen-bond donors (Lipinski definition) is 0. The van der Waals surface area contributed by atoms with Crippen molar-refractivity contribution < 1.29 is 19.1 Å². The van der Waals surface area contributed by atoms with Crippen LogP contribution in [0.25, 0.3) is 0 Å². The van der Waals surface area contributed by atoms with Crippen LogP contribution in [0.4, 0.5) is 0 Å². The summed E-state index contributed by atoms with van der Waals surface area (Å²) in [6.45, 7) is 5.19. The van der Waals surface area contributed by atoms with Gasteiger partial charge in [0, 0.05) is 44.1 Å². The highest BCUT2D eigenvalue weighted by Crippen LogP contribution is 2.40. The molecule has 2 aromatic rings. The molecule has 0 spiro atoms. The number of carbonyl (C=O) groups excluding carboxylic acids is 2. The van der Waals surface area contributed by atoms with E-state index >= 15 is 0 Å². The van der Waals surface area contributed by atoms with Gasteiger partial charge in [-0.15, -0.1) is 0 Å². The van der Waals surface area contributed by atoms with Crippen LogP contribution in [0, 0.1) is 11.8 Å². The second kappa shape index (κ2) is 9.86. The fourth-order valence-corrected chi connectivity index (χ4v) is 4.26. The standard InChI is InChI=1S/C25H32N2O4/c1-17(2)24(28)27-15-21(20-13-19(30-4)11-12-23(20)31-5)22(16-27)25(29)26(3)14-18-9-7-6-8-10-18/h6-13,17,21-22H,14-16H2,1-5H3. The van der Waals surface area contributed by atoms with Gasteiger partial charge in [-0.1, -0.05) is 44.2 Å². The lowest BCUT2D eigenvalue weighted by atomic mass is 9.87. The summed E-state index contributed by atoms with van der Waals surface area (Å²) in [4.78, 5) is 29.9. The number of methoxy groups -OCH3 is 2. The summed E-state index contributed by atoms with van der Waals surface area (Å²) in [6, 6.07) is 15.5. The third-order valence-electron chi connectivity index (χ3n) is 5.92. The van der Waals surface area contributed by atoms with Gasteiger partial charge < -0.3 is 19.3 Å². The summed E-state index contributed by atoms with van der Waals surface area (Å²) < 4.78 is 11.0. The van der Waals surface area contributed by atoms with E-state index in [-0.39, 0.29) is 29.6 Å². The van der Waals surface area contributed by atoms with E-state index in [4.69, 9.17) is 9.47 Å². The molecule has 1 aliphatic rings. The molecule has 0 bridgehead atoms. The zero-order chi connectivity index (χ0) is 22.5. The molecular formula is C25H32N2O4. The van der Waals surface area contributed by atoms with Gasteiger partial charge in [-0.25, -0.2) is 0 Å². The molecule has 0 saturated carbocycles. The first-order valence-corrected chi connectivity index (χ1v) is 10.6. The van der Waals surface area contributed by atoms with Gasteiger partial charge in [0.25, 0.3) is 0 Å². The fourth-order valence-electron chi connectivity index (χ4n) is 4.26. The summed E-state index contributed by atoms with van der Waals surface area (Å²) in [5, 5.41) is 0. The van der Waals surface area contributed by atoms with Crippen molar-refractivity contribution in [2.24, 2.45) is 11.8 Å². The van der Waals surface area contributed by atoms with Crippen molar-refractivity contribution in [1.82, 2.24) is 9.80 Å². The van der Waals surface area contributed by atoms with Crippen LogP contribution in [-0.4, -0.2) is 56.0 Å². The molecule has 1 heterocycles. The van der Waals surface area contributed by atoms with Crippen LogP contribution in [0.15, 0.2) is 48.5 Å². The van der Waals surface area contributed by atoms with Crippen molar-refractivity contribution in [2.75, 3.05) is 34.4 Å². The predicted molar refractivity (Wildman–Crippen MR) is 120 cm³/mol. The molecule has 1 fully saturated rings. The largest absolute Gasteiger partial charge is 0.497 e. The molecule has 0 N–H and O–H groups in total. The summed E-state index contributed by atoms with van der Waals surface area (Å²) in [7, 11) is 5.06. The SMILES string of the molecule is COc1ccc(OC)c(C2CN(C(=O)C(C)C)CC2C(=O)N(C)Cc2ccccc2)c1. The average Bonchev–Trinajstić information content (AvgIpc) is 3.23. The van der Waals surface area contributed by atoms with Crippen molar-refractivity contribution in [1.29, 1.82) is 0 Å². The van der Waals surface area contributed by atoms with E-state index in [1.807, 2.05) is 74.3 Å². The van der Waals surface area contributed by atoms with Crippen LogP contribution in [-0.2, 0) is 16.1 Å². The lowest BCUT2D eigenvalue weighted by Gasteiger charge is -2.25. The Labute approximate surface area is 184 Å². The number of amides is 2. The highest BCUT2D eigenvalue weighted by atomic mass is 16.5. The first kappa shape index (κ1) is 22.7. The number of hydrogen-bond acceptors (Lipinski definition) is 4. The Morgan fingerprint density at radius 2 is 1.77 bits per heavy atom. The molecule has 2 amide bonds. The molecular weight excluding hydrogens is 392 g/mol. The first-order valence-electron chi connectivity index (χ1n) is 10.6. The number of carbonyl (C=O) groups is 2. The Morgan fingerprint density at radius 1 is 1.06 bits per heavy atom. The highest BCUT2D eigenvalue weighted by molar-refractivity contribution is 5.84. The van der Waals surface area contributed by atoms with E-state index in [2.05, 4.69) is 0 Å². The summed E-state index contributed by atoms with van der Waals surface area (Å²) in [5.74, 6) is 0.853. The molecule has 31 heavy (non-hydrogen) atoms. The Hall–Kier alpha value is -3.02. The smallest absolute Gasteiger partial charge is 0.228 e. The molecule has 3 rings (SSSR count). The van der Waals surface area contributed by atoms with Gasteiger partial charge in [-0.3, -0.25) is 9.59 Å². The molecule has 2 unspecified atom stereocenters. The molecule has 0 aromatic heterocycles. The summed E-state index contributed by atoms with van der Waals surface area (Å²) in [6.07, 6.45) is 0. The second-order valence-electron chi connectivity index (χ2n) is 8.40. The normalized spacial score (nSPS) is 18.2. The maximum Gasteiger partial charge on any atom is 0.228 e. The Balaban J connectivity index is 1.93. The van der Waals surface area contributed by atoms with E-state index in [0.29, 0.717) is 31.1 Å². The third-order valence-corrected chi connectivity index (χ3v) is 5.92. The fraction of sp³-hybridized carbons (Fsp3) is 0.440. The maximum absolute atomic E-state index is 13.5. The molecule has 1 aliphatic heterocycles. The zero-order valence-corrected chi connectivity index (χ0v) is 19.0. The quantitative estimate of drug-likeness (QED) is 0.682. The highest BCUT2D eigenvalue weighted by Gasteiger charge is 2.43. The van der Waals surface area contributed by atoms with Crippen molar-refractivity contribution in [3.05, 3.63) is 59.7 Å². The molecule has 6 nitrogen and oxygen atoms in total. The topological polar surface area (TPSA) is 59.1 Å². The molecule has 0 radical (unpaired) electrons. The van der Waals surface area contributed by atoms with E-state index in [1.165, 1.54) is 0 Å². The monoisotopic (exact) mass is 424 g/mol. The van der Waals surface area contributed by atoms with Crippen LogP contribution < -0.4 is 9.47 Å². The minimum atomic E-state index is -0.350. The van der Waals surface area contributed by atoms with E-state index in [9.17, 15) is 9.59 Å². The summed E-state index contributed by atoms with van der Waals surface area (Å²) >= 11 is 0. The first-order chi connectivity index (χ1) is 14.8. The Morgan fingerprint density at radius 3 is 2.39 bits per heavy atom. The van der Waals surface area contributed by atoms with Crippen LogP contribution >= 0.6 is 0 Å². The molecule has 0 aliphatic carbocycles. The van der Waals surface area contributed by atoms with Crippen molar-refractivity contribution in [3.8, 4) is 11.5 Å². The lowest BCUT2D eigenvalue weighted by Crippen LogP contribution is -2.37. The maximum atomic E-state index is 13.5. The minimum absolute atomic E-state index is 0.0257. The molecule has 2 aromatic carbocycles. The van der Waals surface area contributed by atoms with E-state index < -0.39 is 0 Å². The number of likely N-dealkylation sites (tertiary alicyclic amines) is 1. The van der Waals surface area contributed by atoms with Crippen LogP contribution in [0.1, 0.15) is 30.9 Å². The zero-order valence-electron chi connectivity index (χ0n) is 19.0. The van der Waals surface area contributed by atoms with Gasteiger partial charge in [0.15, 0.2) is 0 Å². The average molecular weight is 425 g/mol. The Kier molecular flexibility index (Phi) is 7.21. The third kappa shape index (κ3) is 5.01. The van der Waals surface area contributed by atoms with Gasteiger partial charge in [-0.2, -0.15) is 0 Å². The van der Waals surface area contributed by atoms with Gasteiger partial charge in [0.2, 0.25) is 11.8 Å². The van der Waals surface area contributed by atoms with Gasteiger partial charge in [0.1, 0.15) is 11.5 Å². The number of ether oxygens (including phenoxy) is 2. The van der Waals surface area contributed by atoms with Crippen molar-refractivity contribution >= 4 is 11.8 Å². The van der Waals surface area contributed by atoms with Crippen molar-refractivity contribution in [2.45, 2.75) is 26.3 Å². The van der Waals surface area contributed by atoms with Gasteiger partial charge >= 0.3 is 0 Å². The molecule has 166 valence electrons. The lowest BCUT2D eigenvalue weighted by molar-refractivity contribution is -0.136. The van der Waals surface area contributed by atoms with E-state index in [0.717, 1.165) is 11.1 Å². The van der Waals surface area contributed by atoms with Crippen molar-refractivity contribution in [3.63, 3.8) is 0 Å². The predicted octanol–water partition coefficient (Wildman–Crippen LogP) is 3.56. The number of nitrogens with zero attached hydrogens (tertiary/aromatic N) is 2. The van der Waals surface area contributed by atoms with Gasteiger partial charge in [-0.05, 0) is 23.8 Å². The van der Waals surface area contributed by atoms with E-state index in [1.54, 1.807) is 19.1 Å². The van der Waals surface area contributed by atoms with Gasteiger partial charge in [0.05, 0.1) is 20.1 Å². The Bertz CT molecular complexity index is 913.